The maximum atomic E-state index is 11.7. The molecule has 0 atom stereocenters. The molecule has 0 bridgehead atoms. The fourth-order valence-corrected chi connectivity index (χ4v) is 1.26. The molecule has 0 aliphatic carbocycles. The van der Waals surface area contributed by atoms with Gasteiger partial charge in [-0.15, -0.1) is 0 Å². The van der Waals surface area contributed by atoms with Gasteiger partial charge in [-0.2, -0.15) is 0 Å². The highest BCUT2D eigenvalue weighted by atomic mass is 16.5. The molecule has 0 fully saturated rings. The summed E-state index contributed by atoms with van der Waals surface area (Å²) in [4.78, 5) is 11.7. The number of rotatable bonds is 3. The second-order valence-corrected chi connectivity index (χ2v) is 3.66. The summed E-state index contributed by atoms with van der Waals surface area (Å²) in [6.45, 7) is 5.56. The number of methoxy groups -OCH3 is 1. The molecule has 0 saturated heterocycles. The Labute approximate surface area is 90.0 Å². The van der Waals surface area contributed by atoms with E-state index in [2.05, 4.69) is 0 Å². The van der Waals surface area contributed by atoms with Crippen LogP contribution in [0.4, 0.5) is 0 Å². The number of carbonyl (C=O) groups is 1. The predicted octanol–water partition coefficient (Wildman–Crippen LogP) is 2.57. The van der Waals surface area contributed by atoms with E-state index in [1.54, 1.807) is 12.1 Å². The smallest absolute Gasteiger partial charge is 0.342 e. The third-order valence-corrected chi connectivity index (χ3v) is 1.92. The van der Waals surface area contributed by atoms with Crippen molar-refractivity contribution in [1.29, 1.82) is 0 Å². The van der Waals surface area contributed by atoms with Crippen molar-refractivity contribution in [3.05, 3.63) is 29.3 Å². The minimum absolute atomic E-state index is 0.122. The largest absolute Gasteiger partial charge is 0.496 e. The van der Waals surface area contributed by atoms with Gasteiger partial charge in [-0.25, -0.2) is 4.79 Å². The lowest BCUT2D eigenvalue weighted by atomic mass is 10.1. The van der Waals surface area contributed by atoms with Gasteiger partial charge in [-0.1, -0.05) is 11.6 Å². The molecule has 0 aromatic heterocycles. The third-order valence-electron chi connectivity index (χ3n) is 1.92. The zero-order valence-corrected chi connectivity index (χ0v) is 9.53. The first-order valence-electron chi connectivity index (χ1n) is 4.90. The van der Waals surface area contributed by atoms with E-state index >= 15 is 0 Å². The summed E-state index contributed by atoms with van der Waals surface area (Å²) in [6.07, 6.45) is -0.122. The Morgan fingerprint density at radius 1 is 1.33 bits per heavy atom. The first-order chi connectivity index (χ1) is 7.04. The van der Waals surface area contributed by atoms with E-state index in [9.17, 15) is 4.79 Å². The summed E-state index contributed by atoms with van der Waals surface area (Å²) in [6, 6.07) is 5.43. The van der Waals surface area contributed by atoms with Gasteiger partial charge in [-0.05, 0) is 32.9 Å². The maximum absolute atomic E-state index is 11.7. The van der Waals surface area contributed by atoms with E-state index in [4.69, 9.17) is 9.47 Å². The van der Waals surface area contributed by atoms with Gasteiger partial charge in [0.15, 0.2) is 0 Å². The Bertz CT molecular complexity index is 356. The Hall–Kier alpha value is -1.51. The van der Waals surface area contributed by atoms with Gasteiger partial charge < -0.3 is 9.47 Å². The van der Waals surface area contributed by atoms with Crippen LogP contribution in [0.2, 0.25) is 0 Å². The summed E-state index contributed by atoms with van der Waals surface area (Å²) < 4.78 is 10.2. The lowest BCUT2D eigenvalue weighted by Crippen LogP contribution is -2.12. The van der Waals surface area contributed by atoms with Crippen LogP contribution in [0.3, 0.4) is 0 Å². The molecule has 3 nitrogen and oxygen atoms in total. The molecule has 1 aromatic rings. The minimum Gasteiger partial charge on any atom is -0.496 e. The topological polar surface area (TPSA) is 35.5 Å². The molecular formula is C12H16O3. The summed E-state index contributed by atoms with van der Waals surface area (Å²) in [7, 11) is 1.54. The van der Waals surface area contributed by atoms with E-state index in [0.717, 1.165) is 5.56 Å². The quantitative estimate of drug-likeness (QED) is 0.716. The van der Waals surface area contributed by atoms with Crippen molar-refractivity contribution in [3.63, 3.8) is 0 Å². The fraction of sp³-hybridized carbons (Fsp3) is 0.417. The SMILES string of the molecule is COc1ccc(C)cc1C(=O)OC(C)C. The molecule has 0 amide bonds. The number of hydrogen-bond acceptors (Lipinski definition) is 3. The molecule has 0 saturated carbocycles. The van der Waals surface area contributed by atoms with Crippen LogP contribution in [0.1, 0.15) is 29.8 Å². The van der Waals surface area contributed by atoms with Crippen LogP contribution < -0.4 is 4.74 Å². The maximum Gasteiger partial charge on any atom is 0.342 e. The molecule has 1 rings (SSSR count). The highest BCUT2D eigenvalue weighted by Gasteiger charge is 2.14. The van der Waals surface area contributed by atoms with Gasteiger partial charge >= 0.3 is 5.97 Å². The molecule has 0 unspecified atom stereocenters. The molecule has 1 aromatic carbocycles. The molecule has 82 valence electrons. The first-order valence-corrected chi connectivity index (χ1v) is 4.90. The standard InChI is InChI=1S/C12H16O3/c1-8(2)15-12(13)10-7-9(3)5-6-11(10)14-4/h5-8H,1-4H3. The number of carbonyl (C=O) groups excluding carboxylic acids is 1. The zero-order valence-electron chi connectivity index (χ0n) is 9.53. The number of ether oxygens (including phenoxy) is 2. The lowest BCUT2D eigenvalue weighted by molar-refractivity contribution is 0.0374. The van der Waals surface area contributed by atoms with Gasteiger partial charge in [0.25, 0.3) is 0 Å². The monoisotopic (exact) mass is 208 g/mol. The van der Waals surface area contributed by atoms with Crippen molar-refractivity contribution in [1.82, 2.24) is 0 Å². The van der Waals surface area contributed by atoms with E-state index in [-0.39, 0.29) is 12.1 Å². The molecular weight excluding hydrogens is 192 g/mol. The summed E-state index contributed by atoms with van der Waals surface area (Å²) in [5.74, 6) is 0.205. The molecule has 0 radical (unpaired) electrons. The van der Waals surface area contributed by atoms with Crippen molar-refractivity contribution in [2.75, 3.05) is 7.11 Å². The minimum atomic E-state index is -0.342. The molecule has 15 heavy (non-hydrogen) atoms. The molecule has 0 spiro atoms. The van der Waals surface area contributed by atoms with E-state index in [0.29, 0.717) is 11.3 Å². The van der Waals surface area contributed by atoms with E-state index in [1.165, 1.54) is 7.11 Å². The van der Waals surface area contributed by atoms with Crippen molar-refractivity contribution < 1.29 is 14.3 Å². The Kier molecular flexibility index (Phi) is 3.72. The Morgan fingerprint density at radius 3 is 2.53 bits per heavy atom. The van der Waals surface area contributed by atoms with Crippen LogP contribution in [0, 0.1) is 6.92 Å². The van der Waals surface area contributed by atoms with Crippen molar-refractivity contribution in [2.24, 2.45) is 0 Å². The normalized spacial score (nSPS) is 10.2. The average Bonchev–Trinajstić information content (AvgIpc) is 2.16. The molecule has 0 N–H and O–H groups in total. The lowest BCUT2D eigenvalue weighted by Gasteiger charge is -2.11. The number of hydrogen-bond donors (Lipinski definition) is 0. The van der Waals surface area contributed by atoms with E-state index < -0.39 is 0 Å². The molecule has 0 heterocycles. The average molecular weight is 208 g/mol. The van der Waals surface area contributed by atoms with Gasteiger partial charge in [-0.3, -0.25) is 0 Å². The highest BCUT2D eigenvalue weighted by molar-refractivity contribution is 5.92. The number of benzene rings is 1. The highest BCUT2D eigenvalue weighted by Crippen LogP contribution is 2.20. The molecule has 0 aliphatic heterocycles. The molecule has 3 heteroatoms. The predicted molar refractivity (Wildman–Crippen MR) is 58.3 cm³/mol. The summed E-state index contributed by atoms with van der Waals surface area (Å²) >= 11 is 0. The summed E-state index contributed by atoms with van der Waals surface area (Å²) in [5.41, 5.74) is 1.48. The van der Waals surface area contributed by atoms with Crippen LogP contribution >= 0.6 is 0 Å². The first kappa shape index (κ1) is 11.6. The van der Waals surface area contributed by atoms with Crippen LogP contribution in [-0.2, 0) is 4.74 Å². The molecule has 0 aliphatic rings. The van der Waals surface area contributed by atoms with Gasteiger partial charge in [0.2, 0.25) is 0 Å². The van der Waals surface area contributed by atoms with Crippen molar-refractivity contribution in [2.45, 2.75) is 26.9 Å². The zero-order chi connectivity index (χ0) is 11.4. The van der Waals surface area contributed by atoms with Crippen LogP contribution in [-0.4, -0.2) is 19.2 Å². The third kappa shape index (κ3) is 2.98. The van der Waals surface area contributed by atoms with Crippen molar-refractivity contribution >= 4 is 5.97 Å². The second kappa shape index (κ2) is 4.82. The summed E-state index contributed by atoms with van der Waals surface area (Å²) in [5, 5.41) is 0. The second-order valence-electron chi connectivity index (χ2n) is 3.66. The fourth-order valence-electron chi connectivity index (χ4n) is 1.26. The van der Waals surface area contributed by atoms with Crippen LogP contribution in [0.25, 0.3) is 0 Å². The van der Waals surface area contributed by atoms with Crippen LogP contribution in [0.5, 0.6) is 5.75 Å². The van der Waals surface area contributed by atoms with Gasteiger partial charge in [0.05, 0.1) is 13.2 Å². The van der Waals surface area contributed by atoms with Crippen LogP contribution in [0.15, 0.2) is 18.2 Å². The Balaban J connectivity index is 3.00. The Morgan fingerprint density at radius 2 is 2.00 bits per heavy atom. The number of esters is 1. The van der Waals surface area contributed by atoms with Crippen molar-refractivity contribution in [3.8, 4) is 5.75 Å². The number of aryl methyl sites for hydroxylation is 1. The van der Waals surface area contributed by atoms with Gasteiger partial charge in [0.1, 0.15) is 11.3 Å². The van der Waals surface area contributed by atoms with Gasteiger partial charge in [0, 0.05) is 0 Å². The van der Waals surface area contributed by atoms with E-state index in [1.807, 2.05) is 26.8 Å².